The molecule has 0 saturated heterocycles. The molecule has 0 amide bonds. The summed E-state index contributed by atoms with van der Waals surface area (Å²) in [7, 11) is -3.70. The van der Waals surface area contributed by atoms with Gasteiger partial charge in [0.15, 0.2) is 22.7 Å². The smallest absolute Gasteiger partial charge is 0.200 e. The van der Waals surface area contributed by atoms with Gasteiger partial charge in [0.2, 0.25) is 0 Å². The molecule has 0 bridgehead atoms. The number of aryl methyl sites for hydroxylation is 1. The average Bonchev–Trinajstić information content (AvgIpc) is 3.57. The van der Waals surface area contributed by atoms with E-state index in [0.717, 1.165) is 71.6 Å². The van der Waals surface area contributed by atoms with Crippen molar-refractivity contribution in [1.82, 2.24) is 4.98 Å². The molecule has 0 saturated carbocycles. The van der Waals surface area contributed by atoms with Gasteiger partial charge in [0.05, 0.1) is 16.3 Å². The summed E-state index contributed by atoms with van der Waals surface area (Å²) in [5.41, 5.74) is 3.69. The van der Waals surface area contributed by atoms with Crippen molar-refractivity contribution in [3.8, 4) is 0 Å². The van der Waals surface area contributed by atoms with E-state index in [1.807, 2.05) is 13.1 Å². The second kappa shape index (κ2) is 15.8. The molecular weight excluding hydrogens is 561 g/mol. The first-order valence-electron chi connectivity index (χ1n) is 16.4. The number of oxime groups is 1. The summed E-state index contributed by atoms with van der Waals surface area (Å²) in [6, 6.07) is 3.41. The van der Waals surface area contributed by atoms with Gasteiger partial charge < -0.3 is 13.7 Å². The van der Waals surface area contributed by atoms with E-state index in [1.165, 1.54) is 0 Å². The minimum absolute atomic E-state index is 0.0602. The van der Waals surface area contributed by atoms with E-state index >= 15 is 0 Å². The number of allylic oxidation sites excluding steroid dienone is 1. The molecular formula is C33H62N2O3SSi2. The molecule has 8 heteroatoms. The van der Waals surface area contributed by atoms with Gasteiger partial charge in [-0.05, 0) is 85.9 Å². The molecule has 2 rings (SSSR count). The monoisotopic (exact) mass is 622 g/mol. The highest BCUT2D eigenvalue weighted by Crippen LogP contribution is 2.43. The van der Waals surface area contributed by atoms with E-state index in [2.05, 4.69) is 99.3 Å². The van der Waals surface area contributed by atoms with Crippen LogP contribution in [0.25, 0.3) is 6.08 Å². The van der Waals surface area contributed by atoms with E-state index in [-0.39, 0.29) is 11.7 Å². The van der Waals surface area contributed by atoms with Crippen LogP contribution < -0.4 is 0 Å². The largest absolute Gasteiger partial charge is 0.416 e. The number of aromatic nitrogens is 1. The summed E-state index contributed by atoms with van der Waals surface area (Å²) in [5.74, 6) is 0.525. The van der Waals surface area contributed by atoms with E-state index < -0.39 is 16.6 Å². The van der Waals surface area contributed by atoms with Crippen molar-refractivity contribution in [2.45, 2.75) is 162 Å². The standard InChI is InChI=1S/C33H62N2O3SSi2/c1-14-40(15-2,16-3)38-33(13,32-21-31(35-37-32)28(11)20-30-22-34-29(12)39-30)19-17-18-27(10)23-36-41(24(4)5,25(6)7)26(8)9/h20,22,24-27,32H,14-19,21,23H2,1-13H3/b28-20+/t27-,32+,33+/m0/s1. The zero-order valence-corrected chi connectivity index (χ0v) is 31.5. The predicted octanol–water partition coefficient (Wildman–Crippen LogP) is 10.8. The maximum atomic E-state index is 7.29. The Morgan fingerprint density at radius 2 is 1.66 bits per heavy atom. The minimum Gasteiger partial charge on any atom is -0.416 e. The van der Waals surface area contributed by atoms with Crippen molar-refractivity contribution in [2.24, 2.45) is 11.1 Å². The topological polar surface area (TPSA) is 52.9 Å². The molecule has 1 aromatic rings. The highest BCUT2D eigenvalue weighted by Gasteiger charge is 2.47. The third-order valence-electron chi connectivity index (χ3n) is 9.88. The van der Waals surface area contributed by atoms with Crippen LogP contribution >= 0.6 is 11.3 Å². The lowest BCUT2D eigenvalue weighted by atomic mass is 9.87. The van der Waals surface area contributed by atoms with Crippen LogP contribution in [0.15, 0.2) is 16.9 Å². The molecule has 41 heavy (non-hydrogen) atoms. The van der Waals surface area contributed by atoms with Gasteiger partial charge in [0, 0.05) is 24.1 Å². The number of nitrogens with zero attached hydrogens (tertiary/aromatic N) is 2. The van der Waals surface area contributed by atoms with Gasteiger partial charge in [-0.3, -0.25) is 0 Å². The molecule has 0 aliphatic carbocycles. The number of rotatable bonds is 18. The molecule has 5 nitrogen and oxygen atoms in total. The SMILES string of the molecule is CC[Si](CC)(CC)O[C@](C)(CCC[C@H](C)CO[Si](C(C)C)(C(C)C)C(C)C)[C@H]1CC(/C(C)=C/c2cnc(C)s2)=NO1. The Hall–Kier alpha value is -0.806. The average molecular weight is 623 g/mol. The molecule has 1 aliphatic rings. The van der Waals surface area contributed by atoms with Gasteiger partial charge >= 0.3 is 0 Å². The van der Waals surface area contributed by atoms with E-state index in [0.29, 0.717) is 22.5 Å². The summed E-state index contributed by atoms with van der Waals surface area (Å²) in [4.78, 5) is 11.8. The van der Waals surface area contributed by atoms with E-state index in [9.17, 15) is 0 Å². The maximum Gasteiger partial charge on any atom is 0.200 e. The van der Waals surface area contributed by atoms with Gasteiger partial charge in [-0.25, -0.2) is 4.98 Å². The Balaban J connectivity index is 2.13. The van der Waals surface area contributed by atoms with Crippen LogP contribution in [0, 0.1) is 12.8 Å². The fourth-order valence-electron chi connectivity index (χ4n) is 7.09. The maximum absolute atomic E-state index is 7.29. The van der Waals surface area contributed by atoms with Crippen molar-refractivity contribution in [3.63, 3.8) is 0 Å². The Morgan fingerprint density at radius 3 is 2.15 bits per heavy atom. The van der Waals surface area contributed by atoms with Crippen LogP contribution in [0.4, 0.5) is 0 Å². The molecule has 0 N–H and O–H groups in total. The third-order valence-corrected chi connectivity index (χ3v) is 21.6. The van der Waals surface area contributed by atoms with Crippen LogP contribution in [0.2, 0.25) is 34.8 Å². The zero-order valence-electron chi connectivity index (χ0n) is 28.7. The molecule has 0 spiro atoms. The van der Waals surface area contributed by atoms with Gasteiger partial charge in [-0.2, -0.15) is 0 Å². The van der Waals surface area contributed by atoms with Gasteiger partial charge in [-0.15, -0.1) is 11.3 Å². The molecule has 0 fully saturated rings. The summed E-state index contributed by atoms with van der Waals surface area (Å²) in [5, 5.41) is 5.68. The molecule has 3 atom stereocenters. The van der Waals surface area contributed by atoms with Gasteiger partial charge in [-0.1, -0.05) is 80.8 Å². The molecule has 0 radical (unpaired) electrons. The van der Waals surface area contributed by atoms with Crippen molar-refractivity contribution in [2.75, 3.05) is 6.61 Å². The third kappa shape index (κ3) is 9.10. The highest BCUT2D eigenvalue weighted by atomic mass is 32.1. The van der Waals surface area contributed by atoms with Crippen molar-refractivity contribution >= 4 is 39.8 Å². The predicted molar refractivity (Wildman–Crippen MR) is 184 cm³/mol. The van der Waals surface area contributed by atoms with Crippen LogP contribution in [0.5, 0.6) is 0 Å². The van der Waals surface area contributed by atoms with Gasteiger partial charge in [0.25, 0.3) is 0 Å². The zero-order chi connectivity index (χ0) is 31.0. The van der Waals surface area contributed by atoms with Gasteiger partial charge in [0.1, 0.15) is 0 Å². The Morgan fingerprint density at radius 1 is 1.07 bits per heavy atom. The van der Waals surface area contributed by atoms with Crippen LogP contribution in [0.3, 0.4) is 0 Å². The number of hydrogen-bond acceptors (Lipinski definition) is 6. The number of hydrogen-bond donors (Lipinski definition) is 0. The lowest BCUT2D eigenvalue weighted by Crippen LogP contribution is -2.52. The lowest BCUT2D eigenvalue weighted by molar-refractivity contribution is -0.0795. The Bertz CT molecular complexity index is 972. The van der Waals surface area contributed by atoms with Crippen LogP contribution in [-0.4, -0.2) is 45.6 Å². The summed E-state index contributed by atoms with van der Waals surface area (Å²) in [6.45, 7) is 30.9. The molecule has 1 aliphatic heterocycles. The lowest BCUT2D eigenvalue weighted by Gasteiger charge is -2.43. The molecule has 2 heterocycles. The minimum atomic E-state index is -1.85. The van der Waals surface area contributed by atoms with Crippen molar-refractivity contribution < 1.29 is 13.7 Å². The normalized spacial score (nSPS) is 19.2. The summed E-state index contributed by atoms with van der Waals surface area (Å²) >= 11 is 1.71. The first-order chi connectivity index (χ1) is 19.2. The van der Waals surface area contributed by atoms with E-state index in [1.54, 1.807) is 11.3 Å². The molecule has 0 aromatic carbocycles. The summed E-state index contributed by atoms with van der Waals surface area (Å²) in [6.07, 6.45) is 8.09. The fraction of sp³-hybridized carbons (Fsp3) is 0.818. The Kier molecular flexibility index (Phi) is 14.0. The Labute approximate surface area is 259 Å². The quantitative estimate of drug-likeness (QED) is 0.153. The molecule has 0 unspecified atom stereocenters. The second-order valence-electron chi connectivity index (χ2n) is 13.7. The highest BCUT2D eigenvalue weighted by molar-refractivity contribution is 7.12. The van der Waals surface area contributed by atoms with Crippen LogP contribution in [-0.2, 0) is 13.7 Å². The number of thiazole rings is 1. The molecule has 1 aromatic heterocycles. The molecule has 236 valence electrons. The van der Waals surface area contributed by atoms with Crippen LogP contribution in [0.1, 0.15) is 119 Å². The van der Waals surface area contributed by atoms with Crippen molar-refractivity contribution in [3.05, 3.63) is 21.7 Å². The fourth-order valence-corrected chi connectivity index (χ4v) is 16.6. The van der Waals surface area contributed by atoms with Crippen molar-refractivity contribution in [1.29, 1.82) is 0 Å². The van der Waals surface area contributed by atoms with E-state index in [4.69, 9.17) is 13.7 Å². The first kappa shape index (κ1) is 36.4. The second-order valence-corrected chi connectivity index (χ2v) is 25.1. The first-order valence-corrected chi connectivity index (χ1v) is 21.8. The summed E-state index contributed by atoms with van der Waals surface area (Å²) < 4.78 is 14.2.